The summed E-state index contributed by atoms with van der Waals surface area (Å²) in [5.41, 5.74) is -0.521. The highest BCUT2D eigenvalue weighted by Gasteiger charge is 2.25. The van der Waals surface area contributed by atoms with E-state index >= 15 is 0 Å². The van der Waals surface area contributed by atoms with Crippen LogP contribution in [-0.2, 0) is 10.0 Å². The predicted molar refractivity (Wildman–Crippen MR) is 73.2 cm³/mol. The van der Waals surface area contributed by atoms with E-state index < -0.39 is 25.5 Å². The zero-order valence-electron chi connectivity index (χ0n) is 9.86. The van der Waals surface area contributed by atoms with Gasteiger partial charge in [0.2, 0.25) is 0 Å². The van der Waals surface area contributed by atoms with Gasteiger partial charge in [-0.3, -0.25) is 14.8 Å². The summed E-state index contributed by atoms with van der Waals surface area (Å²) >= 11 is 5.80. The smallest absolute Gasteiger partial charge is 0.262 e. The Balaban J connectivity index is 2.47. The molecule has 0 radical (unpaired) electrons. The van der Waals surface area contributed by atoms with Gasteiger partial charge in [-0.15, -0.1) is 0 Å². The minimum atomic E-state index is -4.15. The van der Waals surface area contributed by atoms with Crippen LogP contribution in [0.25, 0.3) is 0 Å². The van der Waals surface area contributed by atoms with Crippen LogP contribution in [0.5, 0.6) is 0 Å². The van der Waals surface area contributed by atoms with Gasteiger partial charge in [0.25, 0.3) is 15.7 Å². The first-order chi connectivity index (χ1) is 9.42. The summed E-state index contributed by atoms with van der Waals surface area (Å²) in [5.74, 6) is -0.0904. The van der Waals surface area contributed by atoms with Crippen molar-refractivity contribution in [3.63, 3.8) is 0 Å². The highest BCUT2D eigenvalue weighted by Crippen LogP contribution is 2.26. The molecule has 20 heavy (non-hydrogen) atoms. The Bertz CT molecular complexity index is 764. The van der Waals surface area contributed by atoms with E-state index in [1.165, 1.54) is 30.5 Å². The van der Waals surface area contributed by atoms with Crippen molar-refractivity contribution >= 4 is 33.1 Å². The van der Waals surface area contributed by atoms with Gasteiger partial charge in [0.1, 0.15) is 0 Å². The molecular formula is C11H8ClN3O4S. The van der Waals surface area contributed by atoms with Crippen LogP contribution in [0.3, 0.4) is 0 Å². The molecule has 2 rings (SSSR count). The molecule has 2 aromatic rings. The van der Waals surface area contributed by atoms with Crippen LogP contribution in [0, 0.1) is 10.1 Å². The van der Waals surface area contributed by atoms with Crippen molar-refractivity contribution < 1.29 is 13.3 Å². The highest BCUT2D eigenvalue weighted by atomic mass is 35.5. The molecule has 0 saturated heterocycles. The van der Waals surface area contributed by atoms with E-state index in [4.69, 9.17) is 11.6 Å². The molecule has 0 spiro atoms. The number of sulfonamides is 1. The maximum atomic E-state index is 12.2. The van der Waals surface area contributed by atoms with Gasteiger partial charge >= 0.3 is 0 Å². The zero-order chi connectivity index (χ0) is 14.8. The Morgan fingerprint density at radius 3 is 2.55 bits per heavy atom. The molecule has 1 aromatic carbocycles. The zero-order valence-corrected chi connectivity index (χ0v) is 11.4. The second-order valence-electron chi connectivity index (χ2n) is 3.66. The monoisotopic (exact) mass is 313 g/mol. The largest absolute Gasteiger partial charge is 0.289 e. The Labute approximate surface area is 119 Å². The number of anilines is 1. The van der Waals surface area contributed by atoms with E-state index in [1.807, 2.05) is 0 Å². The SMILES string of the molecule is O=[N+]([O-])c1ccccc1S(=O)(=O)Nc1ncccc1Cl. The van der Waals surface area contributed by atoms with Crippen LogP contribution in [0.4, 0.5) is 11.5 Å². The van der Waals surface area contributed by atoms with Gasteiger partial charge < -0.3 is 0 Å². The molecule has 0 bridgehead atoms. The summed E-state index contributed by atoms with van der Waals surface area (Å²) in [4.78, 5) is 13.4. The first-order valence-electron chi connectivity index (χ1n) is 5.28. The molecule has 0 unspecified atom stereocenters. The molecule has 0 aliphatic carbocycles. The van der Waals surface area contributed by atoms with E-state index in [9.17, 15) is 18.5 Å². The number of rotatable bonds is 4. The number of halogens is 1. The average Bonchev–Trinajstić information content (AvgIpc) is 2.41. The molecule has 1 heterocycles. The number of nitro groups is 1. The Morgan fingerprint density at radius 1 is 1.20 bits per heavy atom. The molecule has 104 valence electrons. The van der Waals surface area contributed by atoms with E-state index in [0.29, 0.717) is 0 Å². The summed E-state index contributed by atoms with van der Waals surface area (Å²) < 4.78 is 26.5. The minimum Gasteiger partial charge on any atom is -0.262 e. The summed E-state index contributed by atoms with van der Waals surface area (Å²) in [5, 5.41) is 11.0. The Hall–Kier alpha value is -2.19. The number of benzene rings is 1. The number of hydrogen-bond acceptors (Lipinski definition) is 5. The van der Waals surface area contributed by atoms with Crippen molar-refractivity contribution in [2.45, 2.75) is 4.90 Å². The molecule has 7 nitrogen and oxygen atoms in total. The molecule has 1 N–H and O–H groups in total. The van der Waals surface area contributed by atoms with Crippen LogP contribution in [0.15, 0.2) is 47.5 Å². The van der Waals surface area contributed by atoms with Crippen LogP contribution in [0.1, 0.15) is 0 Å². The molecule has 0 fully saturated rings. The van der Waals surface area contributed by atoms with Crippen molar-refractivity contribution in [2.75, 3.05) is 4.72 Å². The van der Waals surface area contributed by atoms with Crippen LogP contribution < -0.4 is 4.72 Å². The van der Waals surface area contributed by atoms with E-state index in [1.54, 1.807) is 0 Å². The maximum absolute atomic E-state index is 12.2. The van der Waals surface area contributed by atoms with Gasteiger partial charge in [-0.1, -0.05) is 23.7 Å². The molecule has 0 amide bonds. The van der Waals surface area contributed by atoms with Crippen molar-refractivity contribution in [2.24, 2.45) is 0 Å². The average molecular weight is 314 g/mol. The summed E-state index contributed by atoms with van der Waals surface area (Å²) in [6, 6.07) is 8.00. The molecule has 0 atom stereocenters. The number of para-hydroxylation sites is 1. The molecule has 0 saturated carbocycles. The lowest BCUT2D eigenvalue weighted by Crippen LogP contribution is -2.15. The quantitative estimate of drug-likeness (QED) is 0.690. The second kappa shape index (κ2) is 5.43. The Morgan fingerprint density at radius 2 is 1.90 bits per heavy atom. The fourth-order valence-electron chi connectivity index (χ4n) is 1.48. The third-order valence-corrected chi connectivity index (χ3v) is 4.03. The van der Waals surface area contributed by atoms with E-state index in [0.717, 1.165) is 12.1 Å². The van der Waals surface area contributed by atoms with Gasteiger partial charge in [0.15, 0.2) is 10.7 Å². The molecule has 0 aliphatic rings. The maximum Gasteiger partial charge on any atom is 0.289 e. The second-order valence-corrected chi connectivity index (χ2v) is 5.72. The highest BCUT2D eigenvalue weighted by molar-refractivity contribution is 7.92. The van der Waals surface area contributed by atoms with Crippen molar-refractivity contribution in [3.8, 4) is 0 Å². The first kappa shape index (κ1) is 14.2. The van der Waals surface area contributed by atoms with Crippen LogP contribution in [0.2, 0.25) is 5.02 Å². The lowest BCUT2D eigenvalue weighted by Gasteiger charge is -2.08. The number of nitrogens with zero attached hydrogens (tertiary/aromatic N) is 2. The molecular weight excluding hydrogens is 306 g/mol. The summed E-state index contributed by atoms with van der Waals surface area (Å²) in [6.45, 7) is 0. The van der Waals surface area contributed by atoms with Gasteiger partial charge in [-0.05, 0) is 18.2 Å². The van der Waals surface area contributed by atoms with Crippen molar-refractivity contribution in [1.82, 2.24) is 4.98 Å². The number of hydrogen-bond donors (Lipinski definition) is 1. The van der Waals surface area contributed by atoms with Crippen LogP contribution >= 0.6 is 11.6 Å². The summed E-state index contributed by atoms with van der Waals surface area (Å²) in [6.07, 6.45) is 1.35. The third kappa shape index (κ3) is 2.86. The van der Waals surface area contributed by atoms with Gasteiger partial charge in [0, 0.05) is 12.3 Å². The van der Waals surface area contributed by atoms with Crippen LogP contribution in [-0.4, -0.2) is 18.3 Å². The standard InChI is InChI=1S/C11H8ClN3O4S/c12-8-4-3-7-13-11(8)14-20(18,19)10-6-2-1-5-9(10)15(16)17/h1-7H,(H,13,14). The van der Waals surface area contributed by atoms with E-state index in [-0.39, 0.29) is 10.8 Å². The Kier molecular flexibility index (Phi) is 3.86. The van der Waals surface area contributed by atoms with Crippen molar-refractivity contribution in [3.05, 3.63) is 57.7 Å². The predicted octanol–water partition coefficient (Wildman–Crippen LogP) is 2.44. The normalized spacial score (nSPS) is 11.1. The molecule has 0 aliphatic heterocycles. The van der Waals surface area contributed by atoms with Gasteiger partial charge in [-0.25, -0.2) is 13.4 Å². The topological polar surface area (TPSA) is 102 Å². The fourth-order valence-corrected chi connectivity index (χ4v) is 2.91. The third-order valence-electron chi connectivity index (χ3n) is 2.34. The fraction of sp³-hybridized carbons (Fsp3) is 0. The molecule has 9 heteroatoms. The van der Waals surface area contributed by atoms with Gasteiger partial charge in [0.05, 0.1) is 9.95 Å². The lowest BCUT2D eigenvalue weighted by atomic mass is 10.3. The van der Waals surface area contributed by atoms with E-state index in [2.05, 4.69) is 9.71 Å². The summed E-state index contributed by atoms with van der Waals surface area (Å²) in [7, 11) is -4.15. The first-order valence-corrected chi connectivity index (χ1v) is 7.14. The van der Waals surface area contributed by atoms with Crippen molar-refractivity contribution in [1.29, 1.82) is 0 Å². The number of aromatic nitrogens is 1. The lowest BCUT2D eigenvalue weighted by molar-refractivity contribution is -0.387. The number of pyridine rings is 1. The minimum absolute atomic E-state index is 0.0904. The van der Waals surface area contributed by atoms with Gasteiger partial charge in [-0.2, -0.15) is 0 Å². The molecule has 1 aromatic heterocycles. The number of nitrogens with one attached hydrogen (secondary N) is 1. The number of nitro benzene ring substituents is 1.